The normalized spacial score (nSPS) is 18.7. The number of nitrogens with one attached hydrogen (secondary N) is 1. The monoisotopic (exact) mass is 428 g/mol. The molecule has 0 aliphatic carbocycles. The van der Waals surface area contributed by atoms with E-state index in [1.807, 2.05) is 53.9 Å². The fraction of sp³-hybridized carbons (Fsp3) is 0.435. The van der Waals surface area contributed by atoms with E-state index in [1.54, 1.807) is 7.11 Å². The molecule has 0 radical (unpaired) electrons. The standard InChI is InChI=1S/C23H28N2O2S2/c1-27-21-7-3-2-6-19(21)20(25-12-4-5-13-25)16-24-22(26)17-8-10-18(11-9-17)23-28-14-15-29-23/h2-3,6-11,20,23H,4-5,12-16H2,1H3,(H,24,26)/t20-/m1/s1. The average Bonchev–Trinajstić information content (AvgIpc) is 3.49. The third-order valence-electron chi connectivity index (χ3n) is 5.60. The molecule has 0 saturated carbocycles. The first-order valence-corrected chi connectivity index (χ1v) is 12.3. The molecule has 1 atom stereocenters. The maximum atomic E-state index is 12.8. The second kappa shape index (κ2) is 9.92. The molecule has 0 bridgehead atoms. The van der Waals surface area contributed by atoms with Gasteiger partial charge in [-0.3, -0.25) is 9.69 Å². The van der Waals surface area contributed by atoms with E-state index in [0.717, 1.165) is 30.0 Å². The Bertz CT molecular complexity index is 816. The van der Waals surface area contributed by atoms with Gasteiger partial charge in [0, 0.05) is 29.2 Å². The van der Waals surface area contributed by atoms with Crippen LogP contribution in [0.1, 0.15) is 45.0 Å². The molecule has 0 spiro atoms. The van der Waals surface area contributed by atoms with Gasteiger partial charge in [0.1, 0.15) is 5.75 Å². The number of amides is 1. The summed E-state index contributed by atoms with van der Waals surface area (Å²) in [5.41, 5.74) is 3.17. The first-order chi connectivity index (χ1) is 14.3. The van der Waals surface area contributed by atoms with Crippen molar-refractivity contribution in [3.8, 4) is 5.75 Å². The van der Waals surface area contributed by atoms with Crippen molar-refractivity contribution in [1.29, 1.82) is 0 Å². The summed E-state index contributed by atoms with van der Waals surface area (Å²) in [6.45, 7) is 2.70. The van der Waals surface area contributed by atoms with Crippen LogP contribution in [0.4, 0.5) is 0 Å². The van der Waals surface area contributed by atoms with E-state index >= 15 is 0 Å². The van der Waals surface area contributed by atoms with Crippen molar-refractivity contribution in [2.24, 2.45) is 0 Å². The van der Waals surface area contributed by atoms with Crippen LogP contribution in [0.3, 0.4) is 0 Å². The quantitative estimate of drug-likeness (QED) is 0.690. The van der Waals surface area contributed by atoms with Gasteiger partial charge in [0.25, 0.3) is 5.91 Å². The predicted octanol–water partition coefficient (Wildman–Crippen LogP) is 4.74. The molecular formula is C23H28N2O2S2. The Hall–Kier alpha value is -1.63. The number of thioether (sulfide) groups is 2. The first kappa shape index (κ1) is 20.6. The van der Waals surface area contributed by atoms with E-state index < -0.39 is 0 Å². The highest BCUT2D eigenvalue weighted by molar-refractivity contribution is 8.19. The number of carbonyl (C=O) groups is 1. The maximum absolute atomic E-state index is 12.8. The topological polar surface area (TPSA) is 41.6 Å². The van der Waals surface area contributed by atoms with E-state index in [0.29, 0.717) is 11.1 Å². The number of carbonyl (C=O) groups excluding carboxylic acids is 1. The summed E-state index contributed by atoms with van der Waals surface area (Å²) in [6.07, 6.45) is 2.41. The fourth-order valence-corrected chi connectivity index (χ4v) is 6.92. The predicted molar refractivity (Wildman–Crippen MR) is 123 cm³/mol. The van der Waals surface area contributed by atoms with Crippen LogP contribution < -0.4 is 10.1 Å². The maximum Gasteiger partial charge on any atom is 0.251 e. The number of rotatable bonds is 7. The smallest absolute Gasteiger partial charge is 0.251 e. The number of hydrogen-bond acceptors (Lipinski definition) is 5. The van der Waals surface area contributed by atoms with E-state index in [2.05, 4.69) is 28.4 Å². The molecule has 2 aromatic carbocycles. The van der Waals surface area contributed by atoms with Gasteiger partial charge in [0.05, 0.1) is 17.7 Å². The van der Waals surface area contributed by atoms with Gasteiger partial charge in [-0.2, -0.15) is 0 Å². The Balaban J connectivity index is 1.44. The number of nitrogens with zero attached hydrogens (tertiary/aromatic N) is 1. The number of para-hydroxylation sites is 1. The van der Waals surface area contributed by atoms with Gasteiger partial charge in [-0.25, -0.2) is 0 Å². The van der Waals surface area contributed by atoms with Crippen LogP contribution in [0.25, 0.3) is 0 Å². The largest absolute Gasteiger partial charge is 0.496 e. The summed E-state index contributed by atoms with van der Waals surface area (Å²) in [6, 6.07) is 16.4. The molecule has 2 aliphatic rings. The van der Waals surface area contributed by atoms with Crippen molar-refractivity contribution < 1.29 is 9.53 Å². The van der Waals surface area contributed by atoms with Crippen molar-refractivity contribution in [3.63, 3.8) is 0 Å². The summed E-state index contributed by atoms with van der Waals surface area (Å²) in [5.74, 6) is 3.29. The van der Waals surface area contributed by atoms with Gasteiger partial charge in [0.2, 0.25) is 0 Å². The van der Waals surface area contributed by atoms with Crippen LogP contribution in [0.15, 0.2) is 48.5 Å². The molecule has 2 aromatic rings. The van der Waals surface area contributed by atoms with Crippen LogP contribution in [0.2, 0.25) is 0 Å². The zero-order valence-corrected chi connectivity index (χ0v) is 18.4. The highest BCUT2D eigenvalue weighted by atomic mass is 32.2. The molecule has 29 heavy (non-hydrogen) atoms. The van der Waals surface area contributed by atoms with Crippen molar-refractivity contribution in [1.82, 2.24) is 10.2 Å². The summed E-state index contributed by atoms with van der Waals surface area (Å²) in [5, 5.41) is 3.17. The lowest BCUT2D eigenvalue weighted by Gasteiger charge is -2.29. The summed E-state index contributed by atoms with van der Waals surface area (Å²) in [4.78, 5) is 15.3. The van der Waals surface area contributed by atoms with E-state index in [1.165, 1.54) is 29.9 Å². The van der Waals surface area contributed by atoms with Gasteiger partial charge >= 0.3 is 0 Å². The van der Waals surface area contributed by atoms with Gasteiger partial charge in [-0.1, -0.05) is 30.3 Å². The first-order valence-electron chi connectivity index (χ1n) is 10.2. The Morgan fingerprint density at radius 1 is 1.10 bits per heavy atom. The van der Waals surface area contributed by atoms with E-state index in [-0.39, 0.29) is 11.9 Å². The Morgan fingerprint density at radius 2 is 1.79 bits per heavy atom. The van der Waals surface area contributed by atoms with Crippen molar-refractivity contribution >= 4 is 29.4 Å². The minimum Gasteiger partial charge on any atom is -0.496 e. The second-order valence-electron chi connectivity index (χ2n) is 7.41. The molecule has 0 aromatic heterocycles. The van der Waals surface area contributed by atoms with Crippen LogP contribution in [-0.2, 0) is 0 Å². The Kier molecular flexibility index (Phi) is 7.06. The molecular weight excluding hydrogens is 400 g/mol. The third kappa shape index (κ3) is 4.93. The Morgan fingerprint density at radius 3 is 2.48 bits per heavy atom. The highest BCUT2D eigenvalue weighted by Crippen LogP contribution is 2.45. The van der Waals surface area contributed by atoms with Crippen LogP contribution in [-0.4, -0.2) is 49.1 Å². The lowest BCUT2D eigenvalue weighted by Crippen LogP contribution is -2.37. The molecule has 2 aliphatic heterocycles. The highest BCUT2D eigenvalue weighted by Gasteiger charge is 2.26. The molecule has 2 fully saturated rings. The molecule has 0 unspecified atom stereocenters. The van der Waals surface area contributed by atoms with Gasteiger partial charge in [-0.15, -0.1) is 23.5 Å². The summed E-state index contributed by atoms with van der Waals surface area (Å²) < 4.78 is 6.11. The zero-order chi connectivity index (χ0) is 20.1. The molecule has 2 heterocycles. The lowest BCUT2D eigenvalue weighted by atomic mass is 10.0. The number of hydrogen-bond donors (Lipinski definition) is 1. The van der Waals surface area contributed by atoms with Crippen LogP contribution in [0, 0.1) is 0 Å². The van der Waals surface area contributed by atoms with Gasteiger partial charge in [-0.05, 0) is 49.7 Å². The van der Waals surface area contributed by atoms with Crippen molar-refractivity contribution in [2.75, 3.05) is 38.2 Å². The number of benzene rings is 2. The van der Waals surface area contributed by atoms with Gasteiger partial charge < -0.3 is 10.1 Å². The molecule has 1 amide bonds. The SMILES string of the molecule is COc1ccccc1[C@@H](CNC(=O)c1ccc(C2SCCS2)cc1)N1CCCC1. The molecule has 1 N–H and O–H groups in total. The van der Waals surface area contributed by atoms with Crippen LogP contribution >= 0.6 is 23.5 Å². The lowest BCUT2D eigenvalue weighted by molar-refractivity contribution is 0.0937. The van der Waals surface area contributed by atoms with E-state index in [4.69, 9.17) is 4.74 Å². The molecule has 154 valence electrons. The summed E-state index contributed by atoms with van der Waals surface area (Å²) >= 11 is 3.97. The van der Waals surface area contributed by atoms with Crippen molar-refractivity contribution in [3.05, 3.63) is 65.2 Å². The Labute approximate surface area is 181 Å². The van der Waals surface area contributed by atoms with Crippen LogP contribution in [0.5, 0.6) is 5.75 Å². The zero-order valence-electron chi connectivity index (χ0n) is 16.8. The number of methoxy groups -OCH3 is 1. The van der Waals surface area contributed by atoms with E-state index in [9.17, 15) is 4.79 Å². The minimum atomic E-state index is -0.0117. The third-order valence-corrected chi connectivity index (χ3v) is 8.71. The summed E-state index contributed by atoms with van der Waals surface area (Å²) in [7, 11) is 1.71. The fourth-order valence-electron chi connectivity index (χ4n) is 4.06. The minimum absolute atomic E-state index is 0.0117. The second-order valence-corrected chi connectivity index (χ2v) is 10.1. The molecule has 4 nitrogen and oxygen atoms in total. The number of likely N-dealkylation sites (tertiary alicyclic amines) is 1. The molecule has 2 saturated heterocycles. The number of ether oxygens (including phenoxy) is 1. The average molecular weight is 429 g/mol. The van der Waals surface area contributed by atoms with Gasteiger partial charge in [0.15, 0.2) is 0 Å². The molecule has 4 rings (SSSR count). The van der Waals surface area contributed by atoms with Crippen molar-refractivity contribution in [2.45, 2.75) is 23.5 Å². The molecule has 6 heteroatoms.